The molecule has 6 heteroatoms. The predicted octanol–water partition coefficient (Wildman–Crippen LogP) is 0.942. The SMILES string of the molecule is CC(C)c1cc2c(s1)[C@@H](O)[C@H](O)CC2(O)C(=O)O. The molecule has 3 atom stereocenters. The molecule has 2 rings (SSSR count). The highest BCUT2D eigenvalue weighted by molar-refractivity contribution is 7.12. The third kappa shape index (κ3) is 1.85. The summed E-state index contributed by atoms with van der Waals surface area (Å²) in [5.41, 5.74) is -1.90. The molecule has 0 bridgehead atoms. The summed E-state index contributed by atoms with van der Waals surface area (Å²) in [6.45, 7) is 3.89. The van der Waals surface area contributed by atoms with E-state index in [4.69, 9.17) is 5.11 Å². The van der Waals surface area contributed by atoms with E-state index in [1.807, 2.05) is 13.8 Å². The second-order valence-electron chi connectivity index (χ2n) is 4.96. The molecule has 0 saturated carbocycles. The van der Waals surface area contributed by atoms with Crippen molar-refractivity contribution in [3.05, 3.63) is 21.4 Å². The summed E-state index contributed by atoms with van der Waals surface area (Å²) in [5, 5.41) is 39.0. The van der Waals surface area contributed by atoms with Crippen molar-refractivity contribution in [3.8, 4) is 0 Å². The minimum atomic E-state index is -2.11. The third-order valence-electron chi connectivity index (χ3n) is 3.29. The van der Waals surface area contributed by atoms with Crippen molar-refractivity contribution in [2.45, 2.75) is 44.0 Å². The van der Waals surface area contributed by atoms with Crippen molar-refractivity contribution in [2.75, 3.05) is 0 Å². The zero-order valence-electron chi connectivity index (χ0n) is 10.1. The zero-order valence-corrected chi connectivity index (χ0v) is 10.9. The molecular formula is C12H16O5S. The molecule has 0 fully saturated rings. The molecule has 100 valence electrons. The fraction of sp³-hybridized carbons (Fsp3) is 0.583. The summed E-state index contributed by atoms with van der Waals surface area (Å²) in [4.78, 5) is 12.5. The summed E-state index contributed by atoms with van der Waals surface area (Å²) < 4.78 is 0. The highest BCUT2D eigenvalue weighted by Gasteiger charge is 2.49. The van der Waals surface area contributed by atoms with E-state index >= 15 is 0 Å². The van der Waals surface area contributed by atoms with Crippen molar-refractivity contribution < 1.29 is 25.2 Å². The average Bonchev–Trinajstić information content (AvgIpc) is 2.71. The van der Waals surface area contributed by atoms with Gasteiger partial charge in [0.1, 0.15) is 6.10 Å². The van der Waals surface area contributed by atoms with Gasteiger partial charge in [-0.2, -0.15) is 0 Å². The van der Waals surface area contributed by atoms with E-state index in [9.17, 15) is 20.1 Å². The molecule has 1 aromatic heterocycles. The lowest BCUT2D eigenvalue weighted by molar-refractivity contribution is -0.168. The molecule has 1 aliphatic carbocycles. The molecule has 0 aromatic carbocycles. The van der Waals surface area contributed by atoms with Gasteiger partial charge in [0.25, 0.3) is 0 Å². The number of aliphatic carboxylic acids is 1. The van der Waals surface area contributed by atoms with Crippen LogP contribution < -0.4 is 0 Å². The lowest BCUT2D eigenvalue weighted by Gasteiger charge is -2.34. The number of hydrogen-bond acceptors (Lipinski definition) is 5. The van der Waals surface area contributed by atoms with Gasteiger partial charge in [-0.3, -0.25) is 0 Å². The normalized spacial score (nSPS) is 31.4. The van der Waals surface area contributed by atoms with Gasteiger partial charge >= 0.3 is 5.97 Å². The fourth-order valence-electron chi connectivity index (χ4n) is 2.15. The first-order valence-electron chi connectivity index (χ1n) is 5.73. The largest absolute Gasteiger partial charge is 0.479 e. The third-order valence-corrected chi connectivity index (χ3v) is 4.79. The van der Waals surface area contributed by atoms with Gasteiger partial charge in [0.2, 0.25) is 0 Å². The summed E-state index contributed by atoms with van der Waals surface area (Å²) in [7, 11) is 0. The average molecular weight is 272 g/mol. The van der Waals surface area contributed by atoms with Gasteiger partial charge in [-0.25, -0.2) is 4.79 Å². The van der Waals surface area contributed by atoms with Crippen LogP contribution in [0.15, 0.2) is 6.07 Å². The smallest absolute Gasteiger partial charge is 0.340 e. The van der Waals surface area contributed by atoms with Crippen molar-refractivity contribution in [3.63, 3.8) is 0 Å². The Hall–Kier alpha value is -0.950. The van der Waals surface area contributed by atoms with Crippen LogP contribution in [0.25, 0.3) is 0 Å². The van der Waals surface area contributed by atoms with Crippen LogP contribution >= 0.6 is 11.3 Å². The Morgan fingerprint density at radius 3 is 2.61 bits per heavy atom. The topological polar surface area (TPSA) is 98.0 Å². The summed E-state index contributed by atoms with van der Waals surface area (Å²) in [5.74, 6) is -1.23. The van der Waals surface area contributed by atoms with Crippen molar-refractivity contribution in [1.29, 1.82) is 0 Å². The van der Waals surface area contributed by atoms with Gasteiger partial charge in [0.05, 0.1) is 6.10 Å². The van der Waals surface area contributed by atoms with Crippen LogP contribution in [0.1, 0.15) is 47.6 Å². The number of hydrogen-bond donors (Lipinski definition) is 4. The monoisotopic (exact) mass is 272 g/mol. The predicted molar refractivity (Wildman–Crippen MR) is 65.5 cm³/mol. The lowest BCUT2D eigenvalue weighted by atomic mass is 9.80. The van der Waals surface area contributed by atoms with Gasteiger partial charge in [-0.05, 0) is 12.0 Å². The number of carbonyl (C=O) groups is 1. The van der Waals surface area contributed by atoms with Crippen LogP contribution in [0.5, 0.6) is 0 Å². The van der Waals surface area contributed by atoms with Crippen LogP contribution in [0.3, 0.4) is 0 Å². The molecule has 0 aliphatic heterocycles. The van der Waals surface area contributed by atoms with Crippen LogP contribution in [0.4, 0.5) is 0 Å². The number of carboxylic acid groups (broad SMARTS) is 1. The minimum Gasteiger partial charge on any atom is -0.479 e. The maximum absolute atomic E-state index is 11.2. The first-order valence-corrected chi connectivity index (χ1v) is 6.55. The Labute approximate surface area is 108 Å². The summed E-state index contributed by atoms with van der Waals surface area (Å²) in [6, 6.07) is 1.62. The van der Waals surface area contributed by atoms with Crippen molar-refractivity contribution in [2.24, 2.45) is 0 Å². The van der Waals surface area contributed by atoms with E-state index in [0.29, 0.717) is 4.88 Å². The Balaban J connectivity index is 2.60. The maximum Gasteiger partial charge on any atom is 0.340 e. The Morgan fingerprint density at radius 2 is 2.11 bits per heavy atom. The van der Waals surface area contributed by atoms with Gasteiger partial charge < -0.3 is 20.4 Å². The Kier molecular flexibility index (Phi) is 3.23. The lowest BCUT2D eigenvalue weighted by Crippen LogP contribution is -2.44. The quantitative estimate of drug-likeness (QED) is 0.642. The summed E-state index contributed by atoms with van der Waals surface area (Å²) >= 11 is 1.24. The van der Waals surface area contributed by atoms with Gasteiger partial charge in [-0.15, -0.1) is 11.3 Å². The van der Waals surface area contributed by atoms with Crippen molar-refractivity contribution >= 4 is 17.3 Å². The standard InChI is InChI=1S/C12H16O5S/c1-5(2)8-3-6-10(18-8)9(14)7(13)4-12(6,17)11(15)16/h3,5,7,9,13-14,17H,4H2,1-2H3,(H,15,16)/t7-,9+,12?/m1/s1. The van der Waals surface area contributed by atoms with Crippen LogP contribution in [0, 0.1) is 0 Å². The number of carboxylic acids is 1. The van der Waals surface area contributed by atoms with Gasteiger partial charge in [-0.1, -0.05) is 13.8 Å². The zero-order chi connectivity index (χ0) is 13.7. The number of aliphatic hydroxyl groups is 3. The van der Waals surface area contributed by atoms with Crippen LogP contribution in [-0.2, 0) is 10.4 Å². The number of fused-ring (bicyclic) bond motifs is 1. The summed E-state index contributed by atoms with van der Waals surface area (Å²) in [6.07, 6.45) is -2.79. The molecule has 1 unspecified atom stereocenters. The minimum absolute atomic E-state index is 0.169. The molecule has 1 aliphatic rings. The molecule has 0 amide bonds. The molecule has 0 spiro atoms. The van der Waals surface area contributed by atoms with Crippen LogP contribution in [-0.4, -0.2) is 32.5 Å². The molecule has 0 radical (unpaired) electrons. The number of aliphatic hydroxyl groups excluding tert-OH is 2. The highest BCUT2D eigenvalue weighted by atomic mass is 32.1. The maximum atomic E-state index is 11.2. The highest BCUT2D eigenvalue weighted by Crippen LogP contribution is 2.46. The molecule has 5 nitrogen and oxygen atoms in total. The fourth-order valence-corrected chi connectivity index (χ4v) is 3.44. The van der Waals surface area contributed by atoms with E-state index in [1.54, 1.807) is 6.07 Å². The molecule has 1 aromatic rings. The van der Waals surface area contributed by atoms with Crippen molar-refractivity contribution in [1.82, 2.24) is 0 Å². The van der Waals surface area contributed by atoms with Gasteiger partial charge in [0, 0.05) is 21.7 Å². The van der Waals surface area contributed by atoms with E-state index in [2.05, 4.69) is 0 Å². The van der Waals surface area contributed by atoms with E-state index < -0.39 is 30.2 Å². The molecule has 0 saturated heterocycles. The second-order valence-corrected chi connectivity index (χ2v) is 6.08. The molecule has 18 heavy (non-hydrogen) atoms. The first-order chi connectivity index (χ1) is 8.27. The number of thiophene rings is 1. The first kappa shape index (κ1) is 13.5. The molecule has 4 N–H and O–H groups in total. The second kappa shape index (κ2) is 4.31. The number of rotatable bonds is 2. The Morgan fingerprint density at radius 1 is 1.50 bits per heavy atom. The van der Waals surface area contributed by atoms with Gasteiger partial charge in [0.15, 0.2) is 5.60 Å². The Bertz CT molecular complexity index is 481. The molecule has 1 heterocycles. The molecular weight excluding hydrogens is 256 g/mol. The van der Waals surface area contributed by atoms with E-state index in [0.717, 1.165) is 4.88 Å². The van der Waals surface area contributed by atoms with E-state index in [1.165, 1.54) is 11.3 Å². The van der Waals surface area contributed by atoms with Crippen LogP contribution in [0.2, 0.25) is 0 Å². The van der Waals surface area contributed by atoms with E-state index in [-0.39, 0.29) is 11.5 Å².